The zero-order valence-corrected chi connectivity index (χ0v) is 15.0. The van der Waals surface area contributed by atoms with Gasteiger partial charge in [-0.2, -0.15) is 0 Å². The summed E-state index contributed by atoms with van der Waals surface area (Å²) >= 11 is 0. The maximum Gasteiger partial charge on any atom is 0.150 e. The van der Waals surface area contributed by atoms with Crippen molar-refractivity contribution in [3.05, 3.63) is 53.6 Å². The highest BCUT2D eigenvalue weighted by molar-refractivity contribution is 5.93. The lowest BCUT2D eigenvalue weighted by molar-refractivity contribution is -0.0856. The fourth-order valence-electron chi connectivity index (χ4n) is 4.17. The first-order chi connectivity index (χ1) is 12.8. The van der Waals surface area contributed by atoms with Gasteiger partial charge in [0.2, 0.25) is 0 Å². The molecule has 0 spiro atoms. The molecule has 1 fully saturated rings. The van der Waals surface area contributed by atoms with Crippen molar-refractivity contribution in [1.29, 1.82) is 0 Å². The van der Waals surface area contributed by atoms with E-state index in [4.69, 9.17) is 0 Å². The number of hydrogen-bond donors (Lipinski definition) is 3. The molecule has 4 rings (SSSR count). The molecule has 3 aromatic rings. The Morgan fingerprint density at radius 2 is 1.70 bits per heavy atom. The molecule has 2 aromatic heterocycles. The fourth-order valence-corrected chi connectivity index (χ4v) is 4.17. The van der Waals surface area contributed by atoms with Gasteiger partial charge in [-0.15, -0.1) is 0 Å². The second-order valence-corrected chi connectivity index (χ2v) is 7.32. The molecule has 1 aliphatic rings. The number of nitrogens with one attached hydrogen (secondary N) is 2. The number of aromatic amines is 1. The molecule has 0 bridgehead atoms. The number of benzene rings is 1. The van der Waals surface area contributed by atoms with E-state index in [-0.39, 0.29) is 28.3 Å². The van der Waals surface area contributed by atoms with E-state index < -0.39 is 23.1 Å². The van der Waals surface area contributed by atoms with Gasteiger partial charge < -0.3 is 15.4 Å². The van der Waals surface area contributed by atoms with Crippen molar-refractivity contribution in [1.82, 2.24) is 15.3 Å². The van der Waals surface area contributed by atoms with E-state index in [1.54, 1.807) is 13.8 Å². The van der Waals surface area contributed by atoms with Gasteiger partial charge in [-0.25, -0.2) is 18.2 Å². The number of H-pyrrole nitrogens is 1. The summed E-state index contributed by atoms with van der Waals surface area (Å²) in [5.41, 5.74) is -1.12. The maximum absolute atomic E-state index is 15.1. The topological polar surface area (TPSA) is 60.9 Å². The minimum Gasteiger partial charge on any atom is -0.384 e. The second-order valence-electron chi connectivity index (χ2n) is 7.32. The third-order valence-electron chi connectivity index (χ3n) is 5.68. The van der Waals surface area contributed by atoms with Gasteiger partial charge in [0.05, 0.1) is 10.9 Å². The molecule has 0 saturated carbocycles. The van der Waals surface area contributed by atoms with Gasteiger partial charge in [-0.3, -0.25) is 0 Å². The van der Waals surface area contributed by atoms with Crippen LogP contribution in [0.2, 0.25) is 0 Å². The third kappa shape index (κ3) is 2.64. The predicted octanol–water partition coefficient (Wildman–Crippen LogP) is 3.71. The quantitative estimate of drug-likeness (QED) is 0.640. The molecule has 0 amide bonds. The number of hydrogen-bond acceptors (Lipinski definition) is 3. The molecule has 27 heavy (non-hydrogen) atoms. The highest BCUT2D eigenvalue weighted by Gasteiger charge is 2.46. The van der Waals surface area contributed by atoms with Crippen LogP contribution in [0.25, 0.3) is 22.2 Å². The Balaban J connectivity index is 1.89. The molecule has 3 heterocycles. The minimum absolute atomic E-state index is 0.173. The third-order valence-corrected chi connectivity index (χ3v) is 5.68. The second kappa shape index (κ2) is 6.35. The van der Waals surface area contributed by atoms with E-state index in [1.807, 2.05) is 0 Å². The SMILES string of the molecule is C[C@@H]1CNC[C@H](C)C1(O)c1c(F)cc(-c2ccnc3[nH]cc(F)c23)cc1F. The van der Waals surface area contributed by atoms with Gasteiger partial charge in [0, 0.05) is 37.3 Å². The van der Waals surface area contributed by atoms with Crippen LogP contribution in [0.1, 0.15) is 19.4 Å². The average Bonchev–Trinajstić information content (AvgIpc) is 3.00. The number of pyridine rings is 1. The van der Waals surface area contributed by atoms with Crippen molar-refractivity contribution in [3.63, 3.8) is 0 Å². The Labute approximate surface area is 154 Å². The summed E-state index contributed by atoms with van der Waals surface area (Å²) in [6.45, 7) is 4.44. The minimum atomic E-state index is -1.62. The standard InChI is InChI=1S/C20H20F3N3O/c1-10-7-24-8-11(2)20(10,27)18-14(21)5-12(6-15(18)22)13-3-4-25-19-17(13)16(23)9-26-19/h3-6,9-11,24,27H,7-8H2,1-2H3,(H,25,26)/t10-,11+,20?. The smallest absolute Gasteiger partial charge is 0.150 e. The highest BCUT2D eigenvalue weighted by atomic mass is 19.1. The summed E-state index contributed by atoms with van der Waals surface area (Å²) in [4.78, 5) is 6.71. The van der Waals surface area contributed by atoms with Crippen LogP contribution in [0.15, 0.2) is 30.6 Å². The lowest BCUT2D eigenvalue weighted by Crippen LogP contribution is -2.53. The number of halogens is 3. The molecule has 0 radical (unpaired) electrons. The normalized spacial score (nSPS) is 25.9. The molecule has 4 nitrogen and oxygen atoms in total. The Morgan fingerprint density at radius 1 is 1.07 bits per heavy atom. The van der Waals surface area contributed by atoms with Crippen LogP contribution in [-0.4, -0.2) is 28.2 Å². The van der Waals surface area contributed by atoms with E-state index in [2.05, 4.69) is 15.3 Å². The molecule has 142 valence electrons. The van der Waals surface area contributed by atoms with Crippen LogP contribution in [0.5, 0.6) is 0 Å². The Hall–Kier alpha value is -2.38. The summed E-state index contributed by atoms with van der Waals surface area (Å²) in [5, 5.41) is 14.5. The Kier molecular flexibility index (Phi) is 4.24. The summed E-state index contributed by atoms with van der Waals surface area (Å²) in [7, 11) is 0. The van der Waals surface area contributed by atoms with Gasteiger partial charge >= 0.3 is 0 Å². The lowest BCUT2D eigenvalue weighted by atomic mass is 9.71. The fraction of sp³-hybridized carbons (Fsp3) is 0.350. The van der Waals surface area contributed by atoms with E-state index >= 15 is 8.78 Å². The van der Waals surface area contributed by atoms with E-state index in [0.717, 1.165) is 18.3 Å². The van der Waals surface area contributed by atoms with Crippen LogP contribution >= 0.6 is 0 Å². The van der Waals surface area contributed by atoms with Gasteiger partial charge in [0.25, 0.3) is 0 Å². The number of rotatable bonds is 2. The zero-order valence-electron chi connectivity index (χ0n) is 15.0. The molecule has 0 aliphatic carbocycles. The summed E-state index contributed by atoms with van der Waals surface area (Å²) in [5.74, 6) is -2.96. The summed E-state index contributed by atoms with van der Waals surface area (Å²) in [6, 6.07) is 3.82. The van der Waals surface area contributed by atoms with Crippen molar-refractivity contribution in [2.75, 3.05) is 13.1 Å². The van der Waals surface area contributed by atoms with E-state index in [1.165, 1.54) is 12.3 Å². The number of piperidine rings is 1. The molecule has 1 aromatic carbocycles. The van der Waals surface area contributed by atoms with Gasteiger partial charge in [0.1, 0.15) is 22.9 Å². The first-order valence-electron chi connectivity index (χ1n) is 8.88. The Bertz CT molecular complexity index is 984. The number of fused-ring (bicyclic) bond motifs is 1. The summed E-state index contributed by atoms with van der Waals surface area (Å²) in [6.07, 6.45) is 2.60. The van der Waals surface area contributed by atoms with Crippen molar-refractivity contribution in [2.24, 2.45) is 11.8 Å². The first-order valence-corrected chi connectivity index (χ1v) is 8.88. The van der Waals surface area contributed by atoms with Crippen molar-refractivity contribution >= 4 is 11.0 Å². The lowest BCUT2D eigenvalue weighted by Gasteiger charge is -2.44. The van der Waals surface area contributed by atoms with E-state index in [0.29, 0.717) is 24.3 Å². The van der Waals surface area contributed by atoms with Crippen molar-refractivity contribution in [2.45, 2.75) is 19.4 Å². The van der Waals surface area contributed by atoms with Crippen LogP contribution in [0.4, 0.5) is 13.2 Å². The maximum atomic E-state index is 15.1. The molecule has 1 saturated heterocycles. The van der Waals surface area contributed by atoms with Crippen LogP contribution in [0, 0.1) is 29.3 Å². The van der Waals surface area contributed by atoms with E-state index in [9.17, 15) is 9.50 Å². The van der Waals surface area contributed by atoms with Crippen LogP contribution in [0.3, 0.4) is 0 Å². The largest absolute Gasteiger partial charge is 0.384 e. The van der Waals surface area contributed by atoms with Crippen LogP contribution in [-0.2, 0) is 5.60 Å². The Morgan fingerprint density at radius 3 is 2.33 bits per heavy atom. The molecule has 3 atom stereocenters. The predicted molar refractivity (Wildman–Crippen MR) is 96.5 cm³/mol. The van der Waals surface area contributed by atoms with Gasteiger partial charge in [-0.1, -0.05) is 13.8 Å². The van der Waals surface area contributed by atoms with Crippen LogP contribution < -0.4 is 5.32 Å². The molecule has 1 aliphatic heterocycles. The van der Waals surface area contributed by atoms with Gasteiger partial charge in [-0.05, 0) is 29.3 Å². The number of aliphatic hydroxyl groups is 1. The number of aromatic nitrogens is 2. The highest BCUT2D eigenvalue weighted by Crippen LogP contribution is 2.43. The first kappa shape index (κ1) is 18.0. The summed E-state index contributed by atoms with van der Waals surface area (Å²) < 4.78 is 44.2. The number of nitrogens with zero attached hydrogens (tertiary/aromatic N) is 1. The van der Waals surface area contributed by atoms with Crippen molar-refractivity contribution < 1.29 is 18.3 Å². The molecule has 3 N–H and O–H groups in total. The molecular weight excluding hydrogens is 355 g/mol. The molecule has 1 unspecified atom stereocenters. The zero-order chi connectivity index (χ0) is 19.3. The monoisotopic (exact) mass is 375 g/mol. The molecule has 7 heteroatoms. The van der Waals surface area contributed by atoms with Crippen molar-refractivity contribution in [3.8, 4) is 11.1 Å². The average molecular weight is 375 g/mol. The van der Waals surface area contributed by atoms with Gasteiger partial charge in [0.15, 0.2) is 5.82 Å². The molecular formula is C20H20F3N3O.